The number of carbonyl (C=O) groups excluding carboxylic acids is 1. The van der Waals surface area contributed by atoms with Gasteiger partial charge in [0.1, 0.15) is 18.1 Å². The molecule has 1 atom stereocenters. The van der Waals surface area contributed by atoms with Crippen LogP contribution in [0.1, 0.15) is 21.8 Å². The van der Waals surface area contributed by atoms with E-state index in [9.17, 15) is 4.79 Å². The van der Waals surface area contributed by atoms with E-state index < -0.39 is 0 Å². The molecule has 0 radical (unpaired) electrons. The SMILES string of the molecule is COc1ccccc1C1COc2ccccc2C1=O. The first-order chi connectivity index (χ1) is 9.31. The smallest absolute Gasteiger partial charge is 0.177 e. The molecule has 0 bridgehead atoms. The van der Waals surface area contributed by atoms with Crippen LogP contribution < -0.4 is 9.47 Å². The number of carbonyl (C=O) groups is 1. The number of benzene rings is 2. The van der Waals surface area contributed by atoms with E-state index in [0.29, 0.717) is 17.9 Å². The zero-order valence-corrected chi connectivity index (χ0v) is 10.6. The monoisotopic (exact) mass is 254 g/mol. The predicted molar refractivity (Wildman–Crippen MR) is 72.0 cm³/mol. The van der Waals surface area contributed by atoms with E-state index in [1.807, 2.05) is 42.5 Å². The van der Waals surface area contributed by atoms with Crippen molar-refractivity contribution >= 4 is 5.78 Å². The summed E-state index contributed by atoms with van der Waals surface area (Å²) < 4.78 is 11.0. The second kappa shape index (κ2) is 4.76. The summed E-state index contributed by atoms with van der Waals surface area (Å²) in [5.74, 6) is 1.18. The highest BCUT2D eigenvalue weighted by molar-refractivity contribution is 6.04. The Balaban J connectivity index is 2.03. The lowest BCUT2D eigenvalue weighted by molar-refractivity contribution is 0.0894. The van der Waals surface area contributed by atoms with Crippen LogP contribution in [0.2, 0.25) is 0 Å². The van der Waals surface area contributed by atoms with Crippen LogP contribution in [-0.2, 0) is 0 Å². The third-order valence-electron chi connectivity index (χ3n) is 3.39. The molecule has 3 rings (SSSR count). The largest absolute Gasteiger partial charge is 0.496 e. The zero-order valence-electron chi connectivity index (χ0n) is 10.6. The summed E-state index contributed by atoms with van der Waals surface area (Å²) >= 11 is 0. The fourth-order valence-electron chi connectivity index (χ4n) is 2.42. The Labute approximate surface area is 111 Å². The second-order valence-corrected chi connectivity index (χ2v) is 4.47. The molecule has 0 N–H and O–H groups in total. The molecule has 19 heavy (non-hydrogen) atoms. The van der Waals surface area contributed by atoms with Crippen molar-refractivity contribution in [3.63, 3.8) is 0 Å². The highest BCUT2D eigenvalue weighted by Crippen LogP contribution is 2.35. The Kier molecular flexibility index (Phi) is 2.95. The van der Waals surface area contributed by atoms with Crippen LogP contribution in [-0.4, -0.2) is 19.5 Å². The standard InChI is InChI=1S/C16H14O3/c1-18-14-8-4-2-6-11(14)13-10-19-15-9-5-3-7-12(15)16(13)17/h2-9,13H,10H2,1H3. The number of Topliss-reactive ketones (excluding diaryl/α,β-unsaturated/α-hetero) is 1. The van der Waals surface area contributed by atoms with Crippen LogP contribution in [0.3, 0.4) is 0 Å². The Bertz CT molecular complexity index is 619. The maximum absolute atomic E-state index is 12.5. The average Bonchev–Trinajstić information content (AvgIpc) is 2.48. The molecule has 2 aromatic rings. The summed E-state index contributed by atoms with van der Waals surface area (Å²) in [4.78, 5) is 12.5. The third-order valence-corrected chi connectivity index (χ3v) is 3.39. The quantitative estimate of drug-likeness (QED) is 0.826. The van der Waals surface area contributed by atoms with E-state index in [1.54, 1.807) is 13.2 Å². The van der Waals surface area contributed by atoms with E-state index in [4.69, 9.17) is 9.47 Å². The first-order valence-electron chi connectivity index (χ1n) is 6.20. The fourth-order valence-corrected chi connectivity index (χ4v) is 2.42. The van der Waals surface area contributed by atoms with Crippen LogP contribution >= 0.6 is 0 Å². The van der Waals surface area contributed by atoms with Gasteiger partial charge in [-0.25, -0.2) is 0 Å². The molecule has 1 aliphatic rings. The van der Waals surface area contributed by atoms with Gasteiger partial charge in [0.2, 0.25) is 0 Å². The molecule has 0 fully saturated rings. The van der Waals surface area contributed by atoms with Gasteiger partial charge in [-0.1, -0.05) is 30.3 Å². The van der Waals surface area contributed by atoms with Gasteiger partial charge in [-0.05, 0) is 18.2 Å². The van der Waals surface area contributed by atoms with Crippen molar-refractivity contribution in [2.75, 3.05) is 13.7 Å². The van der Waals surface area contributed by atoms with Gasteiger partial charge >= 0.3 is 0 Å². The molecular formula is C16H14O3. The third kappa shape index (κ3) is 1.97. The predicted octanol–water partition coefficient (Wildman–Crippen LogP) is 3.05. The number of hydrogen-bond donors (Lipinski definition) is 0. The molecule has 0 spiro atoms. The van der Waals surface area contributed by atoms with Crippen LogP contribution in [0.5, 0.6) is 11.5 Å². The van der Waals surface area contributed by atoms with Crippen molar-refractivity contribution in [1.29, 1.82) is 0 Å². The van der Waals surface area contributed by atoms with Gasteiger partial charge in [-0.15, -0.1) is 0 Å². The Morgan fingerprint density at radius 3 is 2.68 bits per heavy atom. The molecule has 0 aromatic heterocycles. The zero-order chi connectivity index (χ0) is 13.2. The molecule has 1 heterocycles. The lowest BCUT2D eigenvalue weighted by Crippen LogP contribution is -2.26. The molecule has 0 saturated carbocycles. The maximum Gasteiger partial charge on any atom is 0.177 e. The lowest BCUT2D eigenvalue weighted by Gasteiger charge is -2.25. The first kappa shape index (κ1) is 11.8. The molecule has 0 saturated heterocycles. The molecule has 0 aliphatic carbocycles. The minimum absolute atomic E-state index is 0.0892. The minimum Gasteiger partial charge on any atom is -0.496 e. The molecule has 0 amide bonds. The van der Waals surface area contributed by atoms with Gasteiger partial charge in [0.25, 0.3) is 0 Å². The van der Waals surface area contributed by atoms with Gasteiger partial charge < -0.3 is 9.47 Å². The van der Waals surface area contributed by atoms with Crippen molar-refractivity contribution in [2.45, 2.75) is 5.92 Å². The molecule has 3 heteroatoms. The summed E-state index contributed by atoms with van der Waals surface area (Å²) in [5, 5.41) is 0. The van der Waals surface area contributed by atoms with E-state index in [-0.39, 0.29) is 11.7 Å². The summed E-state index contributed by atoms with van der Waals surface area (Å²) in [6.07, 6.45) is 0. The van der Waals surface area contributed by atoms with Crippen LogP contribution in [0.15, 0.2) is 48.5 Å². The van der Waals surface area contributed by atoms with Crippen LogP contribution in [0, 0.1) is 0 Å². The highest BCUT2D eigenvalue weighted by Gasteiger charge is 2.31. The maximum atomic E-state index is 12.5. The molecular weight excluding hydrogens is 240 g/mol. The number of ketones is 1. The van der Waals surface area contributed by atoms with Crippen LogP contribution in [0.4, 0.5) is 0 Å². The van der Waals surface area contributed by atoms with Gasteiger partial charge in [0.05, 0.1) is 18.6 Å². The Morgan fingerprint density at radius 2 is 1.84 bits per heavy atom. The van der Waals surface area contributed by atoms with E-state index in [0.717, 1.165) is 11.3 Å². The minimum atomic E-state index is -0.300. The molecule has 3 nitrogen and oxygen atoms in total. The number of hydrogen-bond acceptors (Lipinski definition) is 3. The molecule has 1 unspecified atom stereocenters. The van der Waals surface area contributed by atoms with Crippen molar-refractivity contribution in [3.8, 4) is 11.5 Å². The average molecular weight is 254 g/mol. The topological polar surface area (TPSA) is 35.5 Å². The van der Waals surface area contributed by atoms with Gasteiger partial charge in [-0.3, -0.25) is 4.79 Å². The van der Waals surface area contributed by atoms with E-state index >= 15 is 0 Å². The van der Waals surface area contributed by atoms with Crippen LogP contribution in [0.25, 0.3) is 0 Å². The Morgan fingerprint density at radius 1 is 1.11 bits per heavy atom. The van der Waals surface area contributed by atoms with Crippen molar-refractivity contribution in [1.82, 2.24) is 0 Å². The van der Waals surface area contributed by atoms with Crippen molar-refractivity contribution < 1.29 is 14.3 Å². The lowest BCUT2D eigenvalue weighted by atomic mass is 9.88. The normalized spacial score (nSPS) is 17.5. The van der Waals surface area contributed by atoms with Gasteiger partial charge in [-0.2, -0.15) is 0 Å². The summed E-state index contributed by atoms with van der Waals surface area (Å²) in [6, 6.07) is 14.9. The first-order valence-corrected chi connectivity index (χ1v) is 6.20. The van der Waals surface area contributed by atoms with Gasteiger partial charge in [0.15, 0.2) is 5.78 Å². The van der Waals surface area contributed by atoms with E-state index in [2.05, 4.69) is 0 Å². The summed E-state index contributed by atoms with van der Waals surface area (Å²) in [6.45, 7) is 0.357. The Hall–Kier alpha value is -2.29. The summed E-state index contributed by atoms with van der Waals surface area (Å²) in [5.41, 5.74) is 1.52. The highest BCUT2D eigenvalue weighted by atomic mass is 16.5. The molecule has 96 valence electrons. The fraction of sp³-hybridized carbons (Fsp3) is 0.188. The molecule has 1 aliphatic heterocycles. The number of para-hydroxylation sites is 2. The number of ether oxygens (including phenoxy) is 2. The number of fused-ring (bicyclic) bond motifs is 1. The van der Waals surface area contributed by atoms with Crippen molar-refractivity contribution in [2.24, 2.45) is 0 Å². The van der Waals surface area contributed by atoms with Crippen molar-refractivity contribution in [3.05, 3.63) is 59.7 Å². The number of rotatable bonds is 2. The summed E-state index contributed by atoms with van der Waals surface area (Å²) in [7, 11) is 1.61. The van der Waals surface area contributed by atoms with E-state index in [1.165, 1.54) is 0 Å². The second-order valence-electron chi connectivity index (χ2n) is 4.47. The van der Waals surface area contributed by atoms with Gasteiger partial charge in [0, 0.05) is 5.56 Å². The molecule has 2 aromatic carbocycles. The number of methoxy groups -OCH3 is 1.